The van der Waals surface area contributed by atoms with Crippen LogP contribution in [0.4, 0.5) is 5.69 Å². The summed E-state index contributed by atoms with van der Waals surface area (Å²) >= 11 is 0. The number of benzene rings is 2. The molecular weight excluding hydrogens is 452 g/mol. The van der Waals surface area contributed by atoms with Gasteiger partial charge in [0.15, 0.2) is 0 Å². The molecule has 0 saturated heterocycles. The van der Waals surface area contributed by atoms with Crippen LogP contribution in [0.1, 0.15) is 43.0 Å². The molecule has 0 aliphatic heterocycles. The summed E-state index contributed by atoms with van der Waals surface area (Å²) in [7, 11) is 0. The zero-order valence-corrected chi connectivity index (χ0v) is 21.2. The van der Waals surface area contributed by atoms with Crippen molar-refractivity contribution in [2.75, 3.05) is 11.4 Å². The molecule has 186 valence electrons. The highest BCUT2D eigenvalue weighted by atomic mass is 16.2. The summed E-state index contributed by atoms with van der Waals surface area (Å²) in [6, 6.07) is 16.0. The van der Waals surface area contributed by atoms with E-state index in [0.717, 1.165) is 23.1 Å². The maximum absolute atomic E-state index is 14.0. The molecule has 2 amide bonds. The van der Waals surface area contributed by atoms with Crippen LogP contribution in [0.25, 0.3) is 11.0 Å². The van der Waals surface area contributed by atoms with Gasteiger partial charge in [0, 0.05) is 24.6 Å². The first-order valence-corrected chi connectivity index (χ1v) is 12.2. The first kappa shape index (κ1) is 25.0. The van der Waals surface area contributed by atoms with Crippen LogP contribution in [0.15, 0.2) is 67.0 Å². The number of hydrogen-bond acceptors (Lipinski definition) is 5. The van der Waals surface area contributed by atoms with Gasteiger partial charge in [0.1, 0.15) is 18.1 Å². The molecule has 4 aromatic rings. The van der Waals surface area contributed by atoms with Crippen molar-refractivity contribution < 1.29 is 9.59 Å². The first-order chi connectivity index (χ1) is 17.3. The fraction of sp³-hybridized carbons (Fsp3) is 0.321. The lowest BCUT2D eigenvalue weighted by Gasteiger charge is -2.32. The number of pyridine rings is 1. The Bertz CT molecular complexity index is 1350. The van der Waals surface area contributed by atoms with Gasteiger partial charge in [-0.15, -0.1) is 5.10 Å². The van der Waals surface area contributed by atoms with Crippen LogP contribution in [-0.2, 0) is 16.1 Å². The van der Waals surface area contributed by atoms with E-state index in [9.17, 15) is 9.59 Å². The van der Waals surface area contributed by atoms with Crippen LogP contribution in [0, 0.1) is 19.8 Å². The zero-order chi connectivity index (χ0) is 25.7. The number of fused-ring (bicyclic) bond motifs is 1. The predicted molar refractivity (Wildman–Crippen MR) is 140 cm³/mol. The maximum Gasteiger partial charge on any atom is 0.249 e. The highest BCUT2D eigenvalue weighted by Gasteiger charge is 2.33. The number of aryl methyl sites for hydroxylation is 2. The van der Waals surface area contributed by atoms with Crippen molar-refractivity contribution in [3.05, 3.63) is 83.7 Å². The smallest absolute Gasteiger partial charge is 0.249 e. The number of para-hydroxylation sites is 1. The van der Waals surface area contributed by atoms with Gasteiger partial charge in [-0.1, -0.05) is 37.3 Å². The van der Waals surface area contributed by atoms with E-state index in [2.05, 4.69) is 34.5 Å². The van der Waals surface area contributed by atoms with E-state index >= 15 is 0 Å². The Morgan fingerprint density at radius 2 is 1.75 bits per heavy atom. The summed E-state index contributed by atoms with van der Waals surface area (Å²) in [6.45, 7) is 8.71. The van der Waals surface area contributed by atoms with E-state index in [1.165, 1.54) is 0 Å². The third kappa shape index (κ3) is 5.59. The van der Waals surface area contributed by atoms with Crippen LogP contribution >= 0.6 is 0 Å². The summed E-state index contributed by atoms with van der Waals surface area (Å²) in [5.74, 6) is -0.0608. The number of amides is 2. The first-order valence-electron chi connectivity index (χ1n) is 12.2. The minimum absolute atomic E-state index is 0.0612. The van der Waals surface area contributed by atoms with E-state index in [-0.39, 0.29) is 18.4 Å². The summed E-state index contributed by atoms with van der Waals surface area (Å²) in [4.78, 5) is 33.3. The summed E-state index contributed by atoms with van der Waals surface area (Å²) < 4.78 is 1.58. The molecule has 1 unspecified atom stereocenters. The molecule has 0 saturated carbocycles. The van der Waals surface area contributed by atoms with Gasteiger partial charge in [0.25, 0.3) is 0 Å². The van der Waals surface area contributed by atoms with E-state index in [0.29, 0.717) is 29.2 Å². The van der Waals surface area contributed by atoms with Gasteiger partial charge in [-0.05, 0) is 79.3 Å². The second-order valence-electron chi connectivity index (χ2n) is 9.42. The van der Waals surface area contributed by atoms with Gasteiger partial charge in [-0.25, -0.2) is 4.68 Å². The van der Waals surface area contributed by atoms with Crippen molar-refractivity contribution in [3.8, 4) is 0 Å². The molecule has 0 bridgehead atoms. The van der Waals surface area contributed by atoms with Crippen molar-refractivity contribution >= 4 is 28.5 Å². The van der Waals surface area contributed by atoms with Gasteiger partial charge in [0.05, 0.1) is 5.52 Å². The SMILES string of the molecule is Cc1ccc(N(C(=O)Cn2nnc3ccccc32)C(C(=O)NCCC(C)C)c2ccncc2)cc1C. The fourth-order valence-corrected chi connectivity index (χ4v) is 4.10. The van der Waals surface area contributed by atoms with E-state index in [4.69, 9.17) is 0 Å². The second kappa shape index (κ2) is 11.1. The van der Waals surface area contributed by atoms with Gasteiger partial charge in [0.2, 0.25) is 11.8 Å². The van der Waals surface area contributed by atoms with Crippen LogP contribution in [0.5, 0.6) is 0 Å². The molecule has 0 aliphatic rings. The maximum atomic E-state index is 14.0. The third-order valence-corrected chi connectivity index (χ3v) is 6.29. The Balaban J connectivity index is 1.77. The molecule has 0 radical (unpaired) electrons. The monoisotopic (exact) mass is 484 g/mol. The molecule has 8 heteroatoms. The van der Waals surface area contributed by atoms with Gasteiger partial charge < -0.3 is 5.32 Å². The molecule has 0 spiro atoms. The normalized spacial score (nSPS) is 12.0. The lowest BCUT2D eigenvalue weighted by molar-refractivity contribution is -0.127. The molecule has 36 heavy (non-hydrogen) atoms. The molecule has 2 heterocycles. The average Bonchev–Trinajstić information content (AvgIpc) is 3.27. The van der Waals surface area contributed by atoms with Crippen LogP contribution < -0.4 is 10.2 Å². The molecule has 0 aliphatic carbocycles. The minimum atomic E-state index is -0.871. The number of carbonyl (C=O) groups is 2. The third-order valence-electron chi connectivity index (χ3n) is 6.29. The number of hydrogen-bond donors (Lipinski definition) is 1. The molecule has 2 aromatic heterocycles. The minimum Gasteiger partial charge on any atom is -0.354 e. The van der Waals surface area contributed by atoms with Crippen molar-refractivity contribution in [1.82, 2.24) is 25.3 Å². The highest BCUT2D eigenvalue weighted by molar-refractivity contribution is 6.01. The summed E-state index contributed by atoms with van der Waals surface area (Å²) in [6.07, 6.45) is 4.12. The van der Waals surface area contributed by atoms with Crippen molar-refractivity contribution in [2.45, 2.75) is 46.7 Å². The molecule has 1 atom stereocenters. The molecule has 0 fully saturated rings. The molecule has 1 N–H and O–H groups in total. The molecule has 2 aromatic carbocycles. The Morgan fingerprint density at radius 1 is 1.00 bits per heavy atom. The van der Waals surface area contributed by atoms with Gasteiger partial charge in [-0.3, -0.25) is 19.5 Å². The Labute approximate surface area is 211 Å². The van der Waals surface area contributed by atoms with Gasteiger partial charge >= 0.3 is 0 Å². The number of anilines is 1. The van der Waals surface area contributed by atoms with E-state index < -0.39 is 6.04 Å². The molecule has 8 nitrogen and oxygen atoms in total. The Morgan fingerprint density at radius 3 is 2.47 bits per heavy atom. The molecule has 4 rings (SSSR count). The number of rotatable bonds is 9. The van der Waals surface area contributed by atoms with Crippen LogP contribution in [0.2, 0.25) is 0 Å². The number of nitrogens with one attached hydrogen (secondary N) is 1. The number of nitrogens with zero attached hydrogens (tertiary/aromatic N) is 5. The van der Waals surface area contributed by atoms with Crippen LogP contribution in [0.3, 0.4) is 0 Å². The fourth-order valence-electron chi connectivity index (χ4n) is 4.10. The number of carbonyl (C=O) groups excluding carboxylic acids is 2. The second-order valence-corrected chi connectivity index (χ2v) is 9.42. The number of aromatic nitrogens is 4. The zero-order valence-electron chi connectivity index (χ0n) is 21.2. The van der Waals surface area contributed by atoms with Crippen molar-refractivity contribution in [1.29, 1.82) is 0 Å². The Hall–Kier alpha value is -4.07. The summed E-state index contributed by atoms with van der Waals surface area (Å²) in [5, 5.41) is 11.4. The van der Waals surface area contributed by atoms with Crippen LogP contribution in [-0.4, -0.2) is 38.3 Å². The topological polar surface area (TPSA) is 93.0 Å². The summed E-state index contributed by atoms with van der Waals surface area (Å²) in [5.41, 5.74) is 4.93. The van der Waals surface area contributed by atoms with E-state index in [1.807, 2.05) is 56.3 Å². The molecular formula is C28H32N6O2. The standard InChI is InChI=1S/C28H32N6O2/c1-19(2)11-16-30-28(36)27(22-12-14-29-15-13-22)34(23-10-9-20(3)21(4)17-23)26(35)18-33-25-8-6-5-7-24(25)31-32-33/h5-10,12-15,17,19,27H,11,16,18H2,1-4H3,(H,30,36). The highest BCUT2D eigenvalue weighted by Crippen LogP contribution is 2.30. The largest absolute Gasteiger partial charge is 0.354 e. The predicted octanol–water partition coefficient (Wildman–Crippen LogP) is 4.38. The average molecular weight is 485 g/mol. The lowest BCUT2D eigenvalue weighted by atomic mass is 10.0. The lowest BCUT2D eigenvalue weighted by Crippen LogP contribution is -2.45. The van der Waals surface area contributed by atoms with E-state index in [1.54, 1.807) is 34.1 Å². The van der Waals surface area contributed by atoms with Crippen molar-refractivity contribution in [3.63, 3.8) is 0 Å². The Kier molecular flexibility index (Phi) is 7.73. The van der Waals surface area contributed by atoms with Gasteiger partial charge in [-0.2, -0.15) is 0 Å². The van der Waals surface area contributed by atoms with Crippen molar-refractivity contribution in [2.24, 2.45) is 5.92 Å². The quantitative estimate of drug-likeness (QED) is 0.381.